The summed E-state index contributed by atoms with van der Waals surface area (Å²) in [5.74, 6) is -1.22. The lowest BCUT2D eigenvalue weighted by Gasteiger charge is -2.14. The van der Waals surface area contributed by atoms with E-state index in [1.165, 1.54) is 32.2 Å². The van der Waals surface area contributed by atoms with E-state index >= 15 is 0 Å². The van der Waals surface area contributed by atoms with Gasteiger partial charge in [-0.25, -0.2) is 14.0 Å². The van der Waals surface area contributed by atoms with Crippen molar-refractivity contribution in [3.63, 3.8) is 0 Å². The molecule has 0 saturated heterocycles. The molecule has 156 valence electrons. The molecule has 0 heterocycles. The van der Waals surface area contributed by atoms with Gasteiger partial charge in [0.2, 0.25) is 0 Å². The van der Waals surface area contributed by atoms with E-state index in [2.05, 4.69) is 5.32 Å². The normalized spacial score (nSPS) is 10.7. The van der Waals surface area contributed by atoms with Crippen LogP contribution in [0.25, 0.3) is 5.57 Å². The lowest BCUT2D eigenvalue weighted by atomic mass is 10.0. The first-order valence-corrected chi connectivity index (χ1v) is 9.22. The van der Waals surface area contributed by atoms with E-state index in [-0.39, 0.29) is 29.2 Å². The summed E-state index contributed by atoms with van der Waals surface area (Å²) in [6, 6.07) is 12.8. The summed E-state index contributed by atoms with van der Waals surface area (Å²) in [5, 5.41) is 2.44. The van der Waals surface area contributed by atoms with Gasteiger partial charge >= 0.3 is 12.1 Å². The molecule has 1 amide bonds. The summed E-state index contributed by atoms with van der Waals surface area (Å²) in [4.78, 5) is 24.5. The molecule has 0 aromatic heterocycles. The number of hydrogen-bond donors (Lipinski definition) is 1. The molecule has 0 spiro atoms. The number of carbonyl (C=O) groups is 2. The van der Waals surface area contributed by atoms with Crippen molar-refractivity contribution >= 4 is 17.6 Å². The smallest absolute Gasteiger partial charge is 0.416 e. The largest absolute Gasteiger partial charge is 0.494 e. The fourth-order valence-corrected chi connectivity index (χ4v) is 2.37. The molecule has 6 nitrogen and oxygen atoms in total. The zero-order chi connectivity index (χ0) is 21.8. The van der Waals surface area contributed by atoms with Crippen LogP contribution in [0, 0.1) is 5.82 Å². The maximum atomic E-state index is 14.7. The van der Waals surface area contributed by atoms with Gasteiger partial charge in [-0.15, -0.1) is 0 Å². The van der Waals surface area contributed by atoms with Crippen LogP contribution in [-0.4, -0.2) is 25.8 Å². The van der Waals surface area contributed by atoms with Crippen molar-refractivity contribution in [2.24, 2.45) is 0 Å². The third kappa shape index (κ3) is 6.64. The van der Waals surface area contributed by atoms with Crippen molar-refractivity contribution in [3.05, 3.63) is 65.6 Å². The van der Waals surface area contributed by atoms with E-state index in [0.29, 0.717) is 5.75 Å². The van der Waals surface area contributed by atoms with Crippen molar-refractivity contribution in [3.8, 4) is 11.5 Å². The minimum absolute atomic E-state index is 0.0334. The maximum Gasteiger partial charge on any atom is 0.416 e. The first-order valence-electron chi connectivity index (χ1n) is 9.22. The molecule has 29 heavy (non-hydrogen) atoms. The van der Waals surface area contributed by atoms with E-state index in [1.807, 2.05) is 13.8 Å². The van der Waals surface area contributed by atoms with Gasteiger partial charge in [0.05, 0.1) is 19.3 Å². The van der Waals surface area contributed by atoms with E-state index in [1.54, 1.807) is 37.3 Å². The number of nitrogens with one attached hydrogen (secondary N) is 1. The van der Waals surface area contributed by atoms with Crippen molar-refractivity contribution < 1.29 is 28.2 Å². The Morgan fingerprint density at radius 1 is 1.03 bits per heavy atom. The third-order valence-electron chi connectivity index (χ3n) is 3.55. The zero-order valence-electron chi connectivity index (χ0n) is 17.2. The molecule has 0 radical (unpaired) electrons. The highest BCUT2D eigenvalue weighted by Crippen LogP contribution is 2.28. The van der Waals surface area contributed by atoms with Crippen LogP contribution in [0.1, 0.15) is 33.3 Å². The maximum absolute atomic E-state index is 14.7. The van der Waals surface area contributed by atoms with Crippen LogP contribution in [0.2, 0.25) is 0 Å². The van der Waals surface area contributed by atoms with Crippen molar-refractivity contribution in [1.82, 2.24) is 5.32 Å². The van der Waals surface area contributed by atoms with Gasteiger partial charge in [0.15, 0.2) is 11.6 Å². The average Bonchev–Trinajstić information content (AvgIpc) is 2.72. The SMILES string of the molecule is CC.CCOC(=O)/C(=C(/C)NC(=O)Oc1ccccc1)c1cccc(OC)c1F. The minimum atomic E-state index is -0.816. The summed E-state index contributed by atoms with van der Waals surface area (Å²) in [7, 11) is 1.32. The van der Waals surface area contributed by atoms with Gasteiger partial charge in [0, 0.05) is 11.3 Å². The molecule has 2 aromatic rings. The Kier molecular flexibility index (Phi) is 9.95. The number of carbonyl (C=O) groups excluding carboxylic acids is 2. The quantitative estimate of drug-likeness (QED) is 0.546. The first-order chi connectivity index (χ1) is 14.0. The fourth-order valence-electron chi connectivity index (χ4n) is 2.37. The summed E-state index contributed by atoms with van der Waals surface area (Å²) >= 11 is 0. The molecule has 0 unspecified atom stereocenters. The van der Waals surface area contributed by atoms with Gasteiger partial charge in [0.1, 0.15) is 5.75 Å². The van der Waals surface area contributed by atoms with Crippen molar-refractivity contribution in [1.29, 1.82) is 0 Å². The number of rotatable bonds is 6. The molecule has 1 N–H and O–H groups in total. The highest BCUT2D eigenvalue weighted by Gasteiger charge is 2.23. The topological polar surface area (TPSA) is 73.9 Å². The van der Waals surface area contributed by atoms with Crippen LogP contribution in [0.5, 0.6) is 11.5 Å². The van der Waals surface area contributed by atoms with Gasteiger partial charge < -0.3 is 14.2 Å². The standard InChI is InChI=1S/C20H20FNO5.C2H6/c1-4-26-19(23)17(15-11-8-12-16(25-3)18(15)21)13(2)22-20(24)27-14-9-6-5-7-10-14;1-2/h5-12H,4H2,1-3H3,(H,22,24);1-2H3/b17-13-;. The second-order valence-electron chi connectivity index (χ2n) is 5.37. The Bertz CT molecular complexity index is 850. The lowest BCUT2D eigenvalue weighted by molar-refractivity contribution is -0.136. The number of para-hydroxylation sites is 1. The minimum Gasteiger partial charge on any atom is -0.494 e. The number of hydrogen-bond acceptors (Lipinski definition) is 5. The molecule has 2 rings (SSSR count). The van der Waals surface area contributed by atoms with Crippen LogP contribution < -0.4 is 14.8 Å². The molecule has 7 heteroatoms. The van der Waals surface area contributed by atoms with E-state index in [9.17, 15) is 14.0 Å². The van der Waals surface area contributed by atoms with Crippen LogP contribution in [0.15, 0.2) is 54.2 Å². The number of benzene rings is 2. The number of amides is 1. The summed E-state index contributed by atoms with van der Waals surface area (Å²) in [6.07, 6.45) is -0.816. The number of ether oxygens (including phenoxy) is 3. The van der Waals surface area contributed by atoms with E-state index in [4.69, 9.17) is 14.2 Å². The Hall–Kier alpha value is -3.35. The fraction of sp³-hybridized carbons (Fsp3) is 0.273. The summed E-state index contributed by atoms with van der Waals surface area (Å²) < 4.78 is 29.8. The van der Waals surface area contributed by atoms with Crippen LogP contribution in [0.3, 0.4) is 0 Å². The average molecular weight is 403 g/mol. The van der Waals surface area contributed by atoms with Gasteiger partial charge in [-0.1, -0.05) is 44.2 Å². The first kappa shape index (κ1) is 23.7. The van der Waals surface area contributed by atoms with Crippen molar-refractivity contribution in [2.45, 2.75) is 27.7 Å². The Morgan fingerprint density at radius 2 is 1.69 bits per heavy atom. The molecule has 2 aromatic carbocycles. The second kappa shape index (κ2) is 12.2. The summed E-state index contributed by atoms with van der Waals surface area (Å²) in [5.41, 5.74) is -0.0925. The third-order valence-corrected chi connectivity index (χ3v) is 3.55. The summed E-state index contributed by atoms with van der Waals surface area (Å²) in [6.45, 7) is 7.18. The monoisotopic (exact) mass is 403 g/mol. The molecular weight excluding hydrogens is 377 g/mol. The van der Waals surface area contributed by atoms with Gasteiger partial charge in [0.25, 0.3) is 0 Å². The highest BCUT2D eigenvalue weighted by atomic mass is 19.1. The highest BCUT2D eigenvalue weighted by molar-refractivity contribution is 6.17. The molecule has 0 bridgehead atoms. The van der Waals surface area contributed by atoms with E-state index < -0.39 is 17.9 Å². The molecule has 0 aliphatic heterocycles. The second-order valence-corrected chi connectivity index (χ2v) is 5.37. The van der Waals surface area contributed by atoms with Crippen LogP contribution in [0.4, 0.5) is 9.18 Å². The Balaban J connectivity index is 0.00000204. The molecule has 0 atom stereocenters. The van der Waals surface area contributed by atoms with Crippen molar-refractivity contribution in [2.75, 3.05) is 13.7 Å². The Labute approximate surface area is 170 Å². The molecule has 0 aliphatic carbocycles. The van der Waals surface area contributed by atoms with Gasteiger partial charge in [-0.05, 0) is 32.0 Å². The number of esters is 1. The van der Waals surface area contributed by atoms with E-state index in [0.717, 1.165) is 0 Å². The Morgan fingerprint density at radius 3 is 2.28 bits per heavy atom. The molecule has 0 fully saturated rings. The predicted octanol–water partition coefficient (Wildman–Crippen LogP) is 4.94. The van der Waals surface area contributed by atoms with Gasteiger partial charge in [-0.3, -0.25) is 5.32 Å². The van der Waals surface area contributed by atoms with Crippen LogP contribution >= 0.6 is 0 Å². The number of methoxy groups -OCH3 is 1. The number of allylic oxidation sites excluding steroid dienone is 1. The van der Waals surface area contributed by atoms with Gasteiger partial charge in [-0.2, -0.15) is 0 Å². The predicted molar refractivity (Wildman–Crippen MR) is 109 cm³/mol. The molecule has 0 aliphatic rings. The number of halogens is 1. The zero-order valence-corrected chi connectivity index (χ0v) is 17.2. The molecular formula is C22H26FNO5. The lowest BCUT2D eigenvalue weighted by Crippen LogP contribution is -2.27. The molecule has 0 saturated carbocycles. The van der Waals surface area contributed by atoms with Crippen LogP contribution in [-0.2, 0) is 9.53 Å².